The van der Waals surface area contributed by atoms with Gasteiger partial charge in [0.2, 0.25) is 5.16 Å². The molecule has 0 saturated carbocycles. The number of tetrazole rings is 1. The van der Waals surface area contributed by atoms with Crippen molar-refractivity contribution < 1.29 is 14.8 Å². The third-order valence-electron chi connectivity index (χ3n) is 4.16. The first-order valence-electron chi connectivity index (χ1n) is 9.40. The second-order valence-electron chi connectivity index (χ2n) is 6.07. The van der Waals surface area contributed by atoms with E-state index in [1.165, 1.54) is 0 Å². The summed E-state index contributed by atoms with van der Waals surface area (Å²) in [5.74, 6) is 2.59. The molecule has 148 valence electrons. The molecule has 0 amide bonds. The maximum Gasteiger partial charge on any atom is 0.214 e. The summed E-state index contributed by atoms with van der Waals surface area (Å²) in [7, 11) is 1.67. The molecule has 7 nitrogen and oxygen atoms in total. The minimum atomic E-state index is 0.625. The third-order valence-corrected chi connectivity index (χ3v) is 5.16. The summed E-state index contributed by atoms with van der Waals surface area (Å²) < 4.78 is 13.0. The zero-order valence-electron chi connectivity index (χ0n) is 16.2. The summed E-state index contributed by atoms with van der Waals surface area (Å²) in [6.07, 6.45) is 1.06. The van der Waals surface area contributed by atoms with Gasteiger partial charge in [-0.3, -0.25) is 0 Å². The fraction of sp³-hybridized carbons (Fsp3) is 0.350. The van der Waals surface area contributed by atoms with Gasteiger partial charge in [-0.2, -0.15) is 4.68 Å². The molecule has 0 aliphatic heterocycles. The number of aromatic nitrogens is 4. The Labute approximate surface area is 169 Å². The van der Waals surface area contributed by atoms with Crippen molar-refractivity contribution in [3.63, 3.8) is 0 Å². The lowest BCUT2D eigenvalue weighted by Crippen LogP contribution is -2.82. The number of rotatable bonds is 11. The van der Waals surface area contributed by atoms with Gasteiger partial charge in [0.25, 0.3) is 0 Å². The molecule has 0 fully saturated rings. The number of ether oxygens (including phenoxy) is 2. The lowest BCUT2D eigenvalue weighted by Gasteiger charge is -2.13. The van der Waals surface area contributed by atoms with E-state index in [0.29, 0.717) is 6.61 Å². The monoisotopic (exact) mass is 400 g/mol. The Balaban J connectivity index is 1.45. The van der Waals surface area contributed by atoms with Gasteiger partial charge < -0.3 is 14.8 Å². The number of para-hydroxylation sites is 2. The average molecular weight is 401 g/mol. The second-order valence-corrected chi connectivity index (χ2v) is 7.14. The van der Waals surface area contributed by atoms with Crippen LogP contribution < -0.4 is 14.8 Å². The van der Waals surface area contributed by atoms with Crippen LogP contribution in [0.3, 0.4) is 0 Å². The van der Waals surface area contributed by atoms with Gasteiger partial charge in [-0.25, -0.2) is 0 Å². The minimum absolute atomic E-state index is 0.625. The van der Waals surface area contributed by atoms with Gasteiger partial charge in [-0.15, -0.1) is 5.10 Å². The molecule has 3 rings (SSSR count). The summed E-state index contributed by atoms with van der Waals surface area (Å²) in [6.45, 7) is 4.49. The highest BCUT2D eigenvalue weighted by atomic mass is 32.2. The van der Waals surface area contributed by atoms with Crippen molar-refractivity contribution in [3.8, 4) is 17.2 Å². The molecule has 8 heteroatoms. The molecule has 0 spiro atoms. The van der Waals surface area contributed by atoms with Crippen molar-refractivity contribution in [2.75, 3.05) is 26.0 Å². The Hall–Kier alpha value is -2.58. The normalized spacial score (nSPS) is 10.8. The van der Waals surface area contributed by atoms with Gasteiger partial charge in [0.15, 0.2) is 11.5 Å². The van der Waals surface area contributed by atoms with Crippen LogP contribution in [0.1, 0.15) is 18.9 Å². The van der Waals surface area contributed by atoms with Gasteiger partial charge in [-0.1, -0.05) is 36.0 Å². The van der Waals surface area contributed by atoms with E-state index in [0.717, 1.165) is 53.2 Å². The largest absolute Gasteiger partial charge is 0.493 e. The molecule has 2 N–H and O–H groups in total. The van der Waals surface area contributed by atoms with Crippen LogP contribution in [0.5, 0.6) is 11.5 Å². The van der Waals surface area contributed by atoms with Gasteiger partial charge >= 0.3 is 0 Å². The predicted molar refractivity (Wildman–Crippen MR) is 109 cm³/mol. The lowest BCUT2D eigenvalue weighted by atomic mass is 10.2. The smallest absolute Gasteiger partial charge is 0.214 e. The van der Waals surface area contributed by atoms with E-state index >= 15 is 0 Å². The maximum atomic E-state index is 5.77. The zero-order chi connectivity index (χ0) is 19.6. The number of methoxy groups -OCH3 is 1. The molecular weight excluding hydrogens is 374 g/mol. The van der Waals surface area contributed by atoms with E-state index in [1.54, 1.807) is 23.6 Å². The van der Waals surface area contributed by atoms with E-state index < -0.39 is 0 Å². The van der Waals surface area contributed by atoms with E-state index in [-0.39, 0.29) is 0 Å². The maximum absolute atomic E-state index is 5.77. The summed E-state index contributed by atoms with van der Waals surface area (Å²) in [5, 5.41) is 15.1. The first-order valence-corrected chi connectivity index (χ1v) is 10.4. The van der Waals surface area contributed by atoms with Crippen LogP contribution in [-0.4, -0.2) is 46.2 Å². The number of quaternary nitrogens is 1. The topological polar surface area (TPSA) is 78.7 Å². The van der Waals surface area contributed by atoms with Crippen molar-refractivity contribution in [1.29, 1.82) is 0 Å². The Morgan fingerprint density at radius 3 is 2.75 bits per heavy atom. The average Bonchev–Trinajstić information content (AvgIpc) is 3.21. The quantitative estimate of drug-likeness (QED) is 0.393. The first-order chi connectivity index (χ1) is 13.8. The van der Waals surface area contributed by atoms with Crippen molar-refractivity contribution in [1.82, 2.24) is 20.2 Å². The number of hydrogen-bond donors (Lipinski definition) is 1. The number of nitrogens with two attached hydrogens (primary N) is 1. The molecule has 2 aromatic carbocycles. The molecule has 0 bridgehead atoms. The third kappa shape index (κ3) is 5.24. The molecular formula is C20H26N5O2S+. The zero-order valence-corrected chi connectivity index (χ0v) is 17.1. The first kappa shape index (κ1) is 20.2. The molecule has 1 heterocycles. The van der Waals surface area contributed by atoms with Crippen molar-refractivity contribution in [2.24, 2.45) is 0 Å². The van der Waals surface area contributed by atoms with Crippen molar-refractivity contribution >= 4 is 11.8 Å². The summed E-state index contributed by atoms with van der Waals surface area (Å²) in [6, 6.07) is 16.0. The molecule has 0 atom stereocenters. The number of hydrogen-bond acceptors (Lipinski definition) is 6. The lowest BCUT2D eigenvalue weighted by molar-refractivity contribution is -0.670. The van der Waals surface area contributed by atoms with E-state index in [2.05, 4.69) is 26.9 Å². The Morgan fingerprint density at radius 1 is 1.11 bits per heavy atom. The van der Waals surface area contributed by atoms with E-state index in [9.17, 15) is 0 Å². The number of benzene rings is 2. The van der Waals surface area contributed by atoms with Gasteiger partial charge in [-0.05, 0) is 41.6 Å². The number of nitrogens with zero attached hydrogens (tertiary/aromatic N) is 4. The van der Waals surface area contributed by atoms with E-state index in [4.69, 9.17) is 9.47 Å². The van der Waals surface area contributed by atoms with Crippen LogP contribution in [-0.2, 0) is 6.54 Å². The second kappa shape index (κ2) is 10.7. The van der Waals surface area contributed by atoms with Crippen LogP contribution in [0.25, 0.3) is 5.69 Å². The predicted octanol–water partition coefficient (Wildman–Crippen LogP) is 2.32. The molecule has 1 aromatic heterocycles. The standard InChI is InChI=1S/C20H25N5O2S/c1-3-27-19-16(9-7-12-18(19)26-2)15-21-13-8-14-28-20-22-23-24-25(20)17-10-5-4-6-11-17/h4-7,9-12,21H,3,8,13-15H2,1-2H3/p+1. The summed E-state index contributed by atoms with van der Waals surface area (Å²) in [5.41, 5.74) is 2.13. The SMILES string of the molecule is CCOc1c(C[NH2+]CCCSc2nnnn2-c2ccccc2)cccc1OC. The Morgan fingerprint density at radius 2 is 1.96 bits per heavy atom. The summed E-state index contributed by atoms with van der Waals surface area (Å²) in [4.78, 5) is 0. The molecule has 0 radical (unpaired) electrons. The molecule has 0 aliphatic carbocycles. The highest BCUT2D eigenvalue weighted by Crippen LogP contribution is 2.30. The van der Waals surface area contributed by atoms with Crippen LogP contribution in [0, 0.1) is 0 Å². The van der Waals surface area contributed by atoms with Crippen LogP contribution in [0.2, 0.25) is 0 Å². The van der Waals surface area contributed by atoms with Crippen LogP contribution in [0.15, 0.2) is 53.7 Å². The van der Waals surface area contributed by atoms with Gasteiger partial charge in [0.1, 0.15) is 6.54 Å². The van der Waals surface area contributed by atoms with Gasteiger partial charge in [0, 0.05) is 12.2 Å². The molecule has 28 heavy (non-hydrogen) atoms. The fourth-order valence-corrected chi connectivity index (χ4v) is 3.69. The Bertz CT molecular complexity index is 857. The Kier molecular flexibility index (Phi) is 7.69. The summed E-state index contributed by atoms with van der Waals surface area (Å²) >= 11 is 1.67. The molecule has 0 aliphatic rings. The highest BCUT2D eigenvalue weighted by molar-refractivity contribution is 7.99. The van der Waals surface area contributed by atoms with Crippen LogP contribution in [0.4, 0.5) is 0 Å². The van der Waals surface area contributed by atoms with Crippen molar-refractivity contribution in [3.05, 3.63) is 54.1 Å². The van der Waals surface area contributed by atoms with Crippen LogP contribution >= 0.6 is 11.8 Å². The molecule has 0 saturated heterocycles. The van der Waals surface area contributed by atoms with Gasteiger partial charge in [0.05, 0.1) is 31.5 Å². The fourth-order valence-electron chi connectivity index (χ4n) is 2.84. The number of thioether (sulfide) groups is 1. The highest BCUT2D eigenvalue weighted by Gasteiger charge is 2.12. The van der Waals surface area contributed by atoms with Crippen molar-refractivity contribution in [2.45, 2.75) is 25.0 Å². The minimum Gasteiger partial charge on any atom is -0.493 e. The molecule has 0 unspecified atom stereocenters. The van der Waals surface area contributed by atoms with E-state index in [1.807, 2.05) is 49.4 Å². The molecule has 3 aromatic rings.